The van der Waals surface area contributed by atoms with Crippen molar-refractivity contribution in [2.45, 2.75) is 25.8 Å². The molecule has 142 valence electrons. The molecule has 0 fully saturated rings. The fraction of sp³-hybridized carbons (Fsp3) is 0.217. The van der Waals surface area contributed by atoms with Gasteiger partial charge >= 0.3 is 0 Å². The van der Waals surface area contributed by atoms with Crippen LogP contribution in [-0.4, -0.2) is 21.1 Å². The molecule has 28 heavy (non-hydrogen) atoms. The number of hydrogen-bond donors (Lipinski definition) is 1. The molecule has 4 rings (SSSR count). The first-order chi connectivity index (χ1) is 13.8. The number of hydrogen-bond acceptors (Lipinski definition) is 3. The number of aromatic nitrogens is 3. The van der Waals surface area contributed by atoms with Gasteiger partial charge in [0.25, 0.3) is 0 Å². The summed E-state index contributed by atoms with van der Waals surface area (Å²) in [7, 11) is 0. The van der Waals surface area contributed by atoms with Crippen LogP contribution in [0.25, 0.3) is 33.5 Å². The Labute approximate surface area is 163 Å². The van der Waals surface area contributed by atoms with Crippen molar-refractivity contribution in [2.75, 3.05) is 6.54 Å². The summed E-state index contributed by atoms with van der Waals surface area (Å²) in [5.74, 6) is -0.253. The number of rotatable bonds is 7. The van der Waals surface area contributed by atoms with Crippen LogP contribution in [-0.2, 0) is 6.54 Å². The third-order valence-electron chi connectivity index (χ3n) is 4.88. The van der Waals surface area contributed by atoms with E-state index in [9.17, 15) is 4.39 Å². The molecule has 0 atom stereocenters. The molecule has 0 saturated heterocycles. The van der Waals surface area contributed by atoms with Gasteiger partial charge in [-0.15, -0.1) is 0 Å². The maximum absolute atomic E-state index is 13.5. The number of fused-ring (bicyclic) bond motifs is 1. The maximum Gasteiger partial charge on any atom is 0.123 e. The van der Waals surface area contributed by atoms with Gasteiger partial charge in [-0.1, -0.05) is 42.8 Å². The van der Waals surface area contributed by atoms with Crippen molar-refractivity contribution in [1.82, 2.24) is 14.5 Å². The first-order valence-electron chi connectivity index (χ1n) is 9.63. The lowest BCUT2D eigenvalue weighted by Gasteiger charge is -2.11. The van der Waals surface area contributed by atoms with Crippen LogP contribution in [0.3, 0.4) is 0 Å². The van der Waals surface area contributed by atoms with E-state index in [4.69, 9.17) is 15.7 Å². The molecule has 0 radical (unpaired) electrons. The zero-order chi connectivity index (χ0) is 19.3. The van der Waals surface area contributed by atoms with Crippen LogP contribution in [0, 0.1) is 5.82 Å². The average Bonchev–Trinajstić information content (AvgIpc) is 3.15. The van der Waals surface area contributed by atoms with Crippen LogP contribution in [0.15, 0.2) is 67.0 Å². The average molecular weight is 374 g/mol. The van der Waals surface area contributed by atoms with E-state index < -0.39 is 0 Å². The molecular formula is C23H23FN4. The Balaban J connectivity index is 1.78. The molecule has 2 N–H and O–H groups in total. The predicted octanol–water partition coefficient (Wildman–Crippen LogP) is 5.03. The van der Waals surface area contributed by atoms with Gasteiger partial charge < -0.3 is 10.3 Å². The Hall–Kier alpha value is -3.05. The molecule has 4 aromatic rings. The highest BCUT2D eigenvalue weighted by Gasteiger charge is 2.16. The number of halogens is 1. The summed E-state index contributed by atoms with van der Waals surface area (Å²) in [6, 6.07) is 18.7. The molecule has 5 heteroatoms. The molecule has 0 amide bonds. The highest BCUT2D eigenvalue weighted by atomic mass is 19.1. The van der Waals surface area contributed by atoms with Gasteiger partial charge in [0, 0.05) is 17.5 Å². The van der Waals surface area contributed by atoms with Gasteiger partial charge in [-0.2, -0.15) is 0 Å². The Morgan fingerprint density at radius 3 is 2.61 bits per heavy atom. The van der Waals surface area contributed by atoms with Crippen molar-refractivity contribution >= 4 is 10.9 Å². The molecule has 2 heterocycles. The van der Waals surface area contributed by atoms with Crippen LogP contribution in [0.4, 0.5) is 4.39 Å². The highest BCUT2D eigenvalue weighted by Crippen LogP contribution is 2.31. The number of benzene rings is 2. The summed E-state index contributed by atoms with van der Waals surface area (Å²) < 4.78 is 15.7. The van der Waals surface area contributed by atoms with Crippen LogP contribution in [0.1, 0.15) is 19.3 Å². The number of pyridine rings is 1. The second kappa shape index (κ2) is 8.31. The quantitative estimate of drug-likeness (QED) is 0.461. The van der Waals surface area contributed by atoms with E-state index >= 15 is 0 Å². The molecule has 0 saturated carbocycles. The van der Waals surface area contributed by atoms with Crippen molar-refractivity contribution in [2.24, 2.45) is 5.73 Å². The number of aryl methyl sites for hydroxylation is 1. The number of nitrogens with two attached hydrogens (primary N) is 1. The summed E-state index contributed by atoms with van der Waals surface area (Å²) in [5.41, 5.74) is 10.2. The van der Waals surface area contributed by atoms with E-state index in [-0.39, 0.29) is 5.82 Å². The third kappa shape index (κ3) is 3.80. The number of unbranched alkanes of at least 4 members (excludes halogenated alkanes) is 2. The summed E-state index contributed by atoms with van der Waals surface area (Å²) >= 11 is 0. The minimum absolute atomic E-state index is 0.253. The van der Waals surface area contributed by atoms with Gasteiger partial charge in [-0.05, 0) is 43.7 Å². The zero-order valence-corrected chi connectivity index (χ0v) is 15.7. The summed E-state index contributed by atoms with van der Waals surface area (Å²) in [6.07, 6.45) is 5.03. The van der Waals surface area contributed by atoms with Crippen LogP contribution in [0.2, 0.25) is 0 Å². The van der Waals surface area contributed by atoms with Crippen molar-refractivity contribution in [3.63, 3.8) is 0 Å². The first kappa shape index (κ1) is 18.3. The van der Waals surface area contributed by atoms with Gasteiger partial charge in [0.1, 0.15) is 5.82 Å². The lowest BCUT2D eigenvalue weighted by Crippen LogP contribution is -2.03. The lowest BCUT2D eigenvalue weighted by molar-refractivity contribution is 0.594. The molecule has 0 spiro atoms. The second-order valence-corrected chi connectivity index (χ2v) is 6.88. The van der Waals surface area contributed by atoms with Crippen LogP contribution < -0.4 is 5.73 Å². The van der Waals surface area contributed by atoms with E-state index in [1.165, 1.54) is 12.1 Å². The van der Waals surface area contributed by atoms with Gasteiger partial charge in [-0.25, -0.2) is 14.4 Å². The molecule has 0 aliphatic heterocycles. The fourth-order valence-corrected chi connectivity index (χ4v) is 3.46. The van der Waals surface area contributed by atoms with Crippen molar-refractivity contribution < 1.29 is 4.39 Å². The largest absolute Gasteiger partial charge is 0.330 e. The summed E-state index contributed by atoms with van der Waals surface area (Å²) in [4.78, 5) is 9.50. The lowest BCUT2D eigenvalue weighted by atomic mass is 10.1. The maximum atomic E-state index is 13.5. The van der Waals surface area contributed by atoms with Crippen molar-refractivity contribution in [3.8, 4) is 22.6 Å². The number of nitrogens with zero attached hydrogens (tertiary/aromatic N) is 3. The summed E-state index contributed by atoms with van der Waals surface area (Å²) in [6.45, 7) is 1.58. The van der Waals surface area contributed by atoms with Crippen LogP contribution >= 0.6 is 0 Å². The topological polar surface area (TPSA) is 56.7 Å². The Bertz CT molecular complexity index is 1070. The van der Waals surface area contributed by atoms with Gasteiger partial charge in [0.2, 0.25) is 0 Å². The Kier molecular flexibility index (Phi) is 5.44. The standard InChI is InChI=1S/C23H23FN4/c24-19-10-12-20-18(15-19)9-11-21(27-20)23-22(17-7-3-1-4-8-17)26-16-28(23)14-6-2-5-13-25/h1,3-4,7-12,15-16H,2,5-6,13-14,25H2. The van der Waals surface area contributed by atoms with E-state index in [0.29, 0.717) is 0 Å². The minimum atomic E-state index is -0.253. The number of imidazole rings is 1. The molecule has 0 aliphatic rings. The Morgan fingerprint density at radius 2 is 1.79 bits per heavy atom. The van der Waals surface area contributed by atoms with E-state index in [1.54, 1.807) is 6.07 Å². The van der Waals surface area contributed by atoms with Gasteiger partial charge in [0.05, 0.1) is 28.9 Å². The van der Waals surface area contributed by atoms with E-state index in [2.05, 4.69) is 16.7 Å². The molecule has 4 nitrogen and oxygen atoms in total. The molecule has 0 unspecified atom stereocenters. The molecule has 0 aliphatic carbocycles. The van der Waals surface area contributed by atoms with Crippen molar-refractivity contribution in [3.05, 3.63) is 72.8 Å². The first-order valence-corrected chi connectivity index (χ1v) is 9.63. The smallest absolute Gasteiger partial charge is 0.123 e. The van der Waals surface area contributed by atoms with E-state index in [0.717, 1.165) is 65.9 Å². The molecular weight excluding hydrogens is 351 g/mol. The predicted molar refractivity (Wildman–Crippen MR) is 111 cm³/mol. The second-order valence-electron chi connectivity index (χ2n) is 6.88. The zero-order valence-electron chi connectivity index (χ0n) is 15.7. The normalized spacial score (nSPS) is 11.2. The molecule has 2 aromatic carbocycles. The minimum Gasteiger partial charge on any atom is -0.330 e. The van der Waals surface area contributed by atoms with Gasteiger partial charge in [-0.3, -0.25) is 0 Å². The third-order valence-corrected chi connectivity index (χ3v) is 4.88. The van der Waals surface area contributed by atoms with Crippen LogP contribution in [0.5, 0.6) is 0 Å². The highest BCUT2D eigenvalue weighted by molar-refractivity contribution is 5.84. The summed E-state index contributed by atoms with van der Waals surface area (Å²) in [5, 5.41) is 0.791. The monoisotopic (exact) mass is 374 g/mol. The molecule has 0 bridgehead atoms. The van der Waals surface area contributed by atoms with Gasteiger partial charge in [0.15, 0.2) is 0 Å². The Morgan fingerprint density at radius 1 is 0.929 bits per heavy atom. The molecule has 2 aromatic heterocycles. The van der Waals surface area contributed by atoms with Crippen molar-refractivity contribution in [1.29, 1.82) is 0 Å². The SMILES string of the molecule is NCCCCCn1cnc(-c2ccccc2)c1-c1ccc2cc(F)ccc2n1. The fourth-order valence-electron chi connectivity index (χ4n) is 3.46. The van der Waals surface area contributed by atoms with E-state index in [1.807, 2.05) is 36.7 Å².